The van der Waals surface area contributed by atoms with Crippen molar-refractivity contribution in [3.05, 3.63) is 60.2 Å². The summed E-state index contributed by atoms with van der Waals surface area (Å²) in [6.45, 7) is 7.62. The Morgan fingerprint density at radius 1 is 1.19 bits per heavy atom. The summed E-state index contributed by atoms with van der Waals surface area (Å²) in [7, 11) is 0. The molecule has 2 aliphatic rings. The van der Waals surface area contributed by atoms with Crippen molar-refractivity contribution in [1.82, 2.24) is 15.3 Å². The van der Waals surface area contributed by atoms with Gasteiger partial charge in [-0.2, -0.15) is 0 Å². The molecule has 4 heterocycles. The van der Waals surface area contributed by atoms with Gasteiger partial charge in [0.25, 0.3) is 0 Å². The van der Waals surface area contributed by atoms with Crippen molar-refractivity contribution >= 4 is 16.9 Å². The number of nitrogens with zero attached hydrogens (tertiary/aromatic N) is 1. The molecule has 0 radical (unpaired) electrons. The van der Waals surface area contributed by atoms with E-state index in [1.54, 1.807) is 6.08 Å². The van der Waals surface area contributed by atoms with Gasteiger partial charge in [-0.05, 0) is 61.7 Å². The molecule has 0 amide bonds. The van der Waals surface area contributed by atoms with Crippen LogP contribution in [0.15, 0.2) is 54.7 Å². The average Bonchev–Trinajstić information content (AvgIpc) is 3.13. The lowest BCUT2D eigenvalue weighted by Crippen LogP contribution is -2.26. The number of aromatic amines is 1. The summed E-state index contributed by atoms with van der Waals surface area (Å²) in [5, 5.41) is 7.98. The molecule has 0 saturated carbocycles. The molecule has 4 rings (SSSR count). The molecule has 3 N–H and O–H groups in total. The largest absolute Gasteiger partial charge is 0.486 e. The van der Waals surface area contributed by atoms with Gasteiger partial charge in [0, 0.05) is 18.1 Å². The molecule has 0 aliphatic carbocycles. The van der Waals surface area contributed by atoms with Gasteiger partial charge in [0.15, 0.2) is 11.5 Å². The standard InChI is InChI=1S/C21H26N4O2/c1-2-3-18-19(27-13-12-26-18)8-11-23-20-5-4-16-17(14-24-21(16)25-20)15-6-9-22-10-7-15/h2-5,8,14-15,22H,1,6-7,9-13H2,(H2,23,24,25)/b18-3+,19-8+. The van der Waals surface area contributed by atoms with Crippen LogP contribution in [-0.4, -0.2) is 42.8 Å². The molecule has 0 aromatic carbocycles. The number of hydrogen-bond donors (Lipinski definition) is 3. The third kappa shape index (κ3) is 4.01. The number of ether oxygens (including phenoxy) is 2. The number of fused-ring (bicyclic) bond motifs is 1. The minimum absolute atomic E-state index is 0.562. The normalized spacial score (nSPS) is 21.2. The third-order valence-corrected chi connectivity index (χ3v) is 5.03. The summed E-state index contributed by atoms with van der Waals surface area (Å²) in [4.78, 5) is 8.05. The Labute approximate surface area is 159 Å². The number of allylic oxidation sites excluding steroid dienone is 2. The SMILES string of the molecule is C=C/C=C1/OCCO/C1=C/CNc1ccc2c(C3CCNCC3)c[nH]c2n1. The molecule has 0 bridgehead atoms. The van der Waals surface area contributed by atoms with Crippen LogP contribution < -0.4 is 10.6 Å². The molecule has 142 valence electrons. The molecular weight excluding hydrogens is 340 g/mol. The van der Waals surface area contributed by atoms with Crippen LogP contribution in [0, 0.1) is 0 Å². The predicted octanol–water partition coefficient (Wildman–Crippen LogP) is 3.44. The molecule has 27 heavy (non-hydrogen) atoms. The number of pyridine rings is 1. The second-order valence-electron chi connectivity index (χ2n) is 6.77. The fourth-order valence-corrected chi connectivity index (χ4v) is 3.69. The van der Waals surface area contributed by atoms with E-state index in [9.17, 15) is 0 Å². The highest BCUT2D eigenvalue weighted by Gasteiger charge is 2.19. The minimum Gasteiger partial charge on any atom is -0.486 e. The highest BCUT2D eigenvalue weighted by molar-refractivity contribution is 5.82. The molecule has 0 atom stereocenters. The maximum atomic E-state index is 5.67. The molecular formula is C21H26N4O2. The van der Waals surface area contributed by atoms with Crippen molar-refractivity contribution < 1.29 is 9.47 Å². The van der Waals surface area contributed by atoms with E-state index in [4.69, 9.17) is 14.5 Å². The van der Waals surface area contributed by atoms with Gasteiger partial charge in [0.2, 0.25) is 0 Å². The summed E-state index contributed by atoms with van der Waals surface area (Å²) in [6, 6.07) is 4.20. The third-order valence-electron chi connectivity index (χ3n) is 5.03. The zero-order chi connectivity index (χ0) is 18.5. The zero-order valence-corrected chi connectivity index (χ0v) is 15.5. The first kappa shape index (κ1) is 17.7. The van der Waals surface area contributed by atoms with Crippen molar-refractivity contribution in [2.24, 2.45) is 0 Å². The van der Waals surface area contributed by atoms with Crippen LogP contribution in [0.5, 0.6) is 0 Å². The van der Waals surface area contributed by atoms with Gasteiger partial charge in [-0.15, -0.1) is 0 Å². The highest BCUT2D eigenvalue weighted by Crippen LogP contribution is 2.31. The van der Waals surface area contributed by atoms with Crippen LogP contribution in [0.1, 0.15) is 24.3 Å². The van der Waals surface area contributed by atoms with Crippen molar-refractivity contribution in [2.75, 3.05) is 38.2 Å². The summed E-state index contributed by atoms with van der Waals surface area (Å²) in [6.07, 6.45) is 9.98. The van der Waals surface area contributed by atoms with Gasteiger partial charge in [-0.1, -0.05) is 12.7 Å². The Bertz CT molecular complexity index is 862. The molecule has 2 aromatic heterocycles. The predicted molar refractivity (Wildman–Crippen MR) is 108 cm³/mol. The lowest BCUT2D eigenvalue weighted by atomic mass is 9.90. The van der Waals surface area contributed by atoms with Crippen molar-refractivity contribution in [3.8, 4) is 0 Å². The second-order valence-corrected chi connectivity index (χ2v) is 6.77. The average molecular weight is 366 g/mol. The highest BCUT2D eigenvalue weighted by atomic mass is 16.6. The molecule has 2 saturated heterocycles. The number of aromatic nitrogens is 2. The van der Waals surface area contributed by atoms with E-state index in [2.05, 4.69) is 34.5 Å². The van der Waals surface area contributed by atoms with Gasteiger partial charge in [0.05, 0.1) is 0 Å². The van der Waals surface area contributed by atoms with Crippen LogP contribution in [0.2, 0.25) is 0 Å². The van der Waals surface area contributed by atoms with Crippen molar-refractivity contribution in [3.63, 3.8) is 0 Å². The molecule has 2 aliphatic heterocycles. The van der Waals surface area contributed by atoms with E-state index in [-0.39, 0.29) is 0 Å². The Morgan fingerprint density at radius 2 is 2.00 bits per heavy atom. The Kier molecular flexibility index (Phi) is 5.44. The molecule has 2 fully saturated rings. The van der Waals surface area contributed by atoms with E-state index < -0.39 is 0 Å². The molecule has 6 heteroatoms. The van der Waals surface area contributed by atoms with Crippen molar-refractivity contribution in [1.29, 1.82) is 0 Å². The second kappa shape index (κ2) is 8.31. The summed E-state index contributed by atoms with van der Waals surface area (Å²) in [5.74, 6) is 2.91. The number of rotatable bonds is 5. The quantitative estimate of drug-likeness (QED) is 0.756. The van der Waals surface area contributed by atoms with Crippen molar-refractivity contribution in [2.45, 2.75) is 18.8 Å². The molecule has 6 nitrogen and oxygen atoms in total. The zero-order valence-electron chi connectivity index (χ0n) is 15.5. The first-order valence-corrected chi connectivity index (χ1v) is 9.56. The number of nitrogens with one attached hydrogen (secondary N) is 3. The van der Waals surface area contributed by atoms with Crippen LogP contribution >= 0.6 is 0 Å². The fraction of sp³-hybridized carbons (Fsp3) is 0.381. The fourth-order valence-electron chi connectivity index (χ4n) is 3.69. The number of hydrogen-bond acceptors (Lipinski definition) is 5. The monoisotopic (exact) mass is 366 g/mol. The van der Waals surface area contributed by atoms with Crippen LogP contribution in [0.4, 0.5) is 5.82 Å². The Morgan fingerprint density at radius 3 is 2.81 bits per heavy atom. The van der Waals surface area contributed by atoms with E-state index in [0.29, 0.717) is 25.7 Å². The van der Waals surface area contributed by atoms with E-state index in [1.807, 2.05) is 18.2 Å². The molecule has 2 aromatic rings. The smallest absolute Gasteiger partial charge is 0.161 e. The summed E-state index contributed by atoms with van der Waals surface area (Å²) >= 11 is 0. The van der Waals surface area contributed by atoms with Gasteiger partial charge in [0.1, 0.15) is 24.7 Å². The summed E-state index contributed by atoms with van der Waals surface area (Å²) in [5.41, 5.74) is 2.32. The molecule has 0 spiro atoms. The maximum absolute atomic E-state index is 5.67. The number of H-pyrrole nitrogens is 1. The van der Waals surface area contributed by atoms with Crippen LogP contribution in [0.3, 0.4) is 0 Å². The topological polar surface area (TPSA) is 71.2 Å². The van der Waals surface area contributed by atoms with Crippen LogP contribution in [0.25, 0.3) is 11.0 Å². The maximum Gasteiger partial charge on any atom is 0.161 e. The molecule has 0 unspecified atom stereocenters. The Balaban J connectivity index is 1.44. The Hall–Kier alpha value is -2.73. The minimum atomic E-state index is 0.562. The van der Waals surface area contributed by atoms with Gasteiger partial charge >= 0.3 is 0 Å². The van der Waals surface area contributed by atoms with Gasteiger partial charge < -0.3 is 25.1 Å². The first-order valence-electron chi connectivity index (χ1n) is 9.56. The van der Waals surface area contributed by atoms with E-state index in [0.717, 1.165) is 36.1 Å². The lowest BCUT2D eigenvalue weighted by molar-refractivity contribution is 0.0593. The number of anilines is 1. The van der Waals surface area contributed by atoms with Crippen LogP contribution in [-0.2, 0) is 9.47 Å². The lowest BCUT2D eigenvalue weighted by Gasteiger charge is -2.22. The first-order chi connectivity index (χ1) is 13.3. The van der Waals surface area contributed by atoms with Gasteiger partial charge in [-0.25, -0.2) is 4.98 Å². The summed E-state index contributed by atoms with van der Waals surface area (Å²) < 4.78 is 11.3. The van der Waals surface area contributed by atoms with E-state index in [1.165, 1.54) is 23.8 Å². The van der Waals surface area contributed by atoms with Gasteiger partial charge in [-0.3, -0.25) is 0 Å². The van der Waals surface area contributed by atoms with E-state index >= 15 is 0 Å². The number of piperidine rings is 1.